The number of nitrogens with zero attached hydrogens (tertiary/aromatic N) is 1. The van der Waals surface area contributed by atoms with Crippen LogP contribution in [0.1, 0.15) is 90.9 Å². The molecule has 0 amide bonds. The third-order valence-electron chi connectivity index (χ3n) is 4.76. The van der Waals surface area contributed by atoms with Gasteiger partial charge in [-0.25, -0.2) is 0 Å². The Kier molecular flexibility index (Phi) is 7.40. The van der Waals surface area contributed by atoms with Crippen LogP contribution in [0.25, 0.3) is 0 Å². The Morgan fingerprint density at radius 2 is 1.67 bits per heavy atom. The highest BCUT2D eigenvalue weighted by Gasteiger charge is 2.34. The number of unbranched alkanes of at least 4 members (excludes halogenated alkanes) is 4. The lowest BCUT2D eigenvalue weighted by molar-refractivity contribution is 0.185. The van der Waals surface area contributed by atoms with Crippen LogP contribution in [0.2, 0.25) is 0 Å². The monoisotopic (exact) mass is 249 g/mol. The molecule has 104 valence electrons. The Labute approximate surface area is 114 Å². The molecule has 1 heteroatoms. The highest BCUT2D eigenvalue weighted by molar-refractivity contribution is 5.01. The quantitative estimate of drug-likeness (QED) is 0.495. The van der Waals surface area contributed by atoms with E-state index in [2.05, 4.69) is 19.9 Å². The first kappa shape index (κ1) is 15.5. The molecule has 0 atom stereocenters. The van der Waals surface area contributed by atoms with Crippen molar-refractivity contribution in [2.75, 3.05) is 0 Å². The first-order valence-corrected chi connectivity index (χ1v) is 8.17. The molecule has 1 nitrogen and oxygen atoms in total. The van der Waals surface area contributed by atoms with Crippen molar-refractivity contribution >= 4 is 0 Å². The maximum Gasteiger partial charge on any atom is 0.0689 e. The summed E-state index contributed by atoms with van der Waals surface area (Å²) in [5.41, 5.74) is 0.0520. The molecular formula is C17H31N. The third kappa shape index (κ3) is 5.01. The molecular weight excluding hydrogens is 218 g/mol. The van der Waals surface area contributed by atoms with Crippen LogP contribution in [-0.4, -0.2) is 0 Å². The van der Waals surface area contributed by atoms with Gasteiger partial charge in [0.2, 0.25) is 0 Å². The van der Waals surface area contributed by atoms with E-state index < -0.39 is 0 Å². The van der Waals surface area contributed by atoms with Crippen LogP contribution in [0.3, 0.4) is 0 Å². The van der Waals surface area contributed by atoms with Crippen LogP contribution in [0.4, 0.5) is 0 Å². The summed E-state index contributed by atoms with van der Waals surface area (Å²) in [6.45, 7) is 4.53. The van der Waals surface area contributed by atoms with Gasteiger partial charge in [-0.1, -0.05) is 58.8 Å². The SMILES string of the molecule is CCCCCCCC1(C#N)CCC(CCC)CC1. The summed E-state index contributed by atoms with van der Waals surface area (Å²) in [6.07, 6.45) is 15.4. The first-order chi connectivity index (χ1) is 8.76. The standard InChI is InChI=1S/C17H31N/c1-3-5-6-7-8-12-17(15-18)13-10-16(9-4-2)11-14-17/h16H,3-14H2,1-2H3. The Balaban J connectivity index is 2.26. The van der Waals surface area contributed by atoms with Crippen molar-refractivity contribution in [2.45, 2.75) is 90.9 Å². The second kappa shape index (κ2) is 8.57. The minimum absolute atomic E-state index is 0.0520. The summed E-state index contributed by atoms with van der Waals surface area (Å²) < 4.78 is 0. The van der Waals surface area contributed by atoms with E-state index in [-0.39, 0.29) is 5.41 Å². The van der Waals surface area contributed by atoms with Gasteiger partial charge in [-0.3, -0.25) is 0 Å². The summed E-state index contributed by atoms with van der Waals surface area (Å²) in [4.78, 5) is 0. The molecule has 0 aromatic heterocycles. The maximum atomic E-state index is 9.51. The molecule has 0 spiro atoms. The summed E-state index contributed by atoms with van der Waals surface area (Å²) >= 11 is 0. The van der Waals surface area contributed by atoms with Crippen LogP contribution in [0.5, 0.6) is 0 Å². The van der Waals surface area contributed by atoms with E-state index in [1.165, 1.54) is 70.6 Å². The van der Waals surface area contributed by atoms with Gasteiger partial charge in [0.25, 0.3) is 0 Å². The number of nitriles is 1. The Hall–Kier alpha value is -0.510. The number of hydrogen-bond acceptors (Lipinski definition) is 1. The van der Waals surface area contributed by atoms with Gasteiger partial charge in [0.1, 0.15) is 0 Å². The zero-order valence-corrected chi connectivity index (χ0v) is 12.5. The summed E-state index contributed by atoms with van der Waals surface area (Å²) in [7, 11) is 0. The second-order valence-corrected chi connectivity index (χ2v) is 6.29. The van der Waals surface area contributed by atoms with Crippen LogP contribution in [0, 0.1) is 22.7 Å². The van der Waals surface area contributed by atoms with Crippen molar-refractivity contribution in [2.24, 2.45) is 11.3 Å². The van der Waals surface area contributed by atoms with Gasteiger partial charge in [0, 0.05) is 0 Å². The summed E-state index contributed by atoms with van der Waals surface area (Å²) in [6, 6.07) is 2.67. The van der Waals surface area contributed by atoms with Crippen molar-refractivity contribution in [1.82, 2.24) is 0 Å². The van der Waals surface area contributed by atoms with E-state index in [1.807, 2.05) is 0 Å². The average Bonchev–Trinajstić information content (AvgIpc) is 2.41. The molecule has 0 aromatic carbocycles. The van der Waals surface area contributed by atoms with E-state index in [0.29, 0.717) is 0 Å². The summed E-state index contributed by atoms with van der Waals surface area (Å²) in [5, 5.41) is 9.51. The van der Waals surface area contributed by atoms with Gasteiger partial charge in [-0.2, -0.15) is 5.26 Å². The van der Waals surface area contributed by atoms with Crippen LogP contribution in [-0.2, 0) is 0 Å². The number of hydrogen-bond donors (Lipinski definition) is 0. The molecule has 0 bridgehead atoms. The molecule has 1 fully saturated rings. The maximum absolute atomic E-state index is 9.51. The van der Waals surface area contributed by atoms with Crippen molar-refractivity contribution < 1.29 is 0 Å². The lowest BCUT2D eigenvalue weighted by Gasteiger charge is -2.35. The van der Waals surface area contributed by atoms with Crippen LogP contribution in [0.15, 0.2) is 0 Å². The Morgan fingerprint density at radius 3 is 2.22 bits per heavy atom. The van der Waals surface area contributed by atoms with E-state index in [1.54, 1.807) is 0 Å². The van der Waals surface area contributed by atoms with Gasteiger partial charge in [0.15, 0.2) is 0 Å². The molecule has 0 heterocycles. The lowest BCUT2D eigenvalue weighted by Crippen LogP contribution is -2.26. The fraction of sp³-hybridized carbons (Fsp3) is 0.941. The number of rotatable bonds is 8. The van der Waals surface area contributed by atoms with Crippen molar-refractivity contribution in [3.05, 3.63) is 0 Å². The van der Waals surface area contributed by atoms with Crippen LogP contribution < -0.4 is 0 Å². The molecule has 1 aliphatic carbocycles. The molecule has 1 saturated carbocycles. The molecule has 0 radical (unpaired) electrons. The normalized spacial score (nSPS) is 27.9. The smallest absolute Gasteiger partial charge is 0.0689 e. The van der Waals surface area contributed by atoms with Gasteiger partial charge >= 0.3 is 0 Å². The largest absolute Gasteiger partial charge is 0.198 e. The molecule has 0 aliphatic heterocycles. The van der Waals surface area contributed by atoms with Crippen molar-refractivity contribution in [1.29, 1.82) is 5.26 Å². The van der Waals surface area contributed by atoms with E-state index in [4.69, 9.17) is 0 Å². The predicted octanol–water partition coefficient (Wildman–Crippen LogP) is 5.85. The Morgan fingerprint density at radius 1 is 1.00 bits per heavy atom. The first-order valence-electron chi connectivity index (χ1n) is 8.17. The molecule has 0 N–H and O–H groups in total. The zero-order valence-electron chi connectivity index (χ0n) is 12.5. The Bertz CT molecular complexity index is 243. The minimum Gasteiger partial charge on any atom is -0.198 e. The van der Waals surface area contributed by atoms with Crippen molar-refractivity contribution in [3.63, 3.8) is 0 Å². The fourth-order valence-corrected chi connectivity index (χ4v) is 3.41. The second-order valence-electron chi connectivity index (χ2n) is 6.29. The molecule has 0 aromatic rings. The summed E-state index contributed by atoms with van der Waals surface area (Å²) in [5.74, 6) is 0.913. The molecule has 0 unspecified atom stereocenters. The molecule has 0 saturated heterocycles. The molecule has 1 rings (SSSR count). The highest BCUT2D eigenvalue weighted by Crippen LogP contribution is 2.43. The zero-order chi connectivity index (χ0) is 13.3. The van der Waals surface area contributed by atoms with E-state index >= 15 is 0 Å². The van der Waals surface area contributed by atoms with E-state index in [9.17, 15) is 5.26 Å². The topological polar surface area (TPSA) is 23.8 Å². The van der Waals surface area contributed by atoms with Gasteiger partial charge < -0.3 is 0 Å². The minimum atomic E-state index is 0.0520. The van der Waals surface area contributed by atoms with Gasteiger partial charge in [-0.15, -0.1) is 0 Å². The van der Waals surface area contributed by atoms with Crippen LogP contribution >= 0.6 is 0 Å². The molecule has 1 aliphatic rings. The van der Waals surface area contributed by atoms with Gasteiger partial charge in [-0.05, 0) is 38.0 Å². The van der Waals surface area contributed by atoms with Crippen molar-refractivity contribution in [3.8, 4) is 6.07 Å². The predicted molar refractivity (Wildman–Crippen MR) is 78.3 cm³/mol. The highest BCUT2D eigenvalue weighted by atomic mass is 14.4. The lowest BCUT2D eigenvalue weighted by atomic mass is 9.68. The fourth-order valence-electron chi connectivity index (χ4n) is 3.41. The third-order valence-corrected chi connectivity index (χ3v) is 4.76. The molecule has 18 heavy (non-hydrogen) atoms. The van der Waals surface area contributed by atoms with Gasteiger partial charge in [0.05, 0.1) is 11.5 Å². The average molecular weight is 249 g/mol. The van der Waals surface area contributed by atoms with E-state index in [0.717, 1.165) is 12.3 Å².